The van der Waals surface area contributed by atoms with Crippen LogP contribution in [0.3, 0.4) is 0 Å². The van der Waals surface area contributed by atoms with E-state index in [0.29, 0.717) is 10.8 Å². The van der Waals surface area contributed by atoms with Crippen molar-refractivity contribution in [2.24, 2.45) is 0 Å². The minimum absolute atomic E-state index is 0.346. The van der Waals surface area contributed by atoms with Crippen molar-refractivity contribution in [3.05, 3.63) is 59.8 Å². The summed E-state index contributed by atoms with van der Waals surface area (Å²) in [6, 6.07) is 14.7. The molecule has 0 aliphatic rings. The van der Waals surface area contributed by atoms with Crippen LogP contribution in [0.15, 0.2) is 54.7 Å². The topological polar surface area (TPSA) is 51.2 Å². The summed E-state index contributed by atoms with van der Waals surface area (Å²) in [5.74, 6) is 0.153. The summed E-state index contributed by atoms with van der Waals surface area (Å²) < 4.78 is 5.09. The van der Waals surface area contributed by atoms with E-state index in [1.54, 1.807) is 18.3 Å². The fourth-order valence-electron chi connectivity index (χ4n) is 2.19. The zero-order chi connectivity index (χ0) is 15.5. The average Bonchev–Trinajstić information content (AvgIpc) is 2.47. The highest BCUT2D eigenvalue weighted by atomic mass is 35.5. The van der Waals surface area contributed by atoms with Crippen molar-refractivity contribution < 1.29 is 9.53 Å². The van der Waals surface area contributed by atoms with Gasteiger partial charge >= 0.3 is 5.97 Å². The van der Waals surface area contributed by atoms with Gasteiger partial charge in [0.2, 0.25) is 0 Å². The molecule has 3 rings (SSSR count). The maximum atomic E-state index is 11.0. The van der Waals surface area contributed by atoms with Gasteiger partial charge in [0.05, 0.1) is 5.52 Å². The van der Waals surface area contributed by atoms with E-state index in [2.05, 4.69) is 10.3 Å². The van der Waals surface area contributed by atoms with E-state index in [-0.39, 0.29) is 5.97 Å². The van der Waals surface area contributed by atoms with Crippen molar-refractivity contribution in [3.8, 4) is 5.75 Å². The average molecular weight is 313 g/mol. The molecule has 2 aromatic carbocycles. The van der Waals surface area contributed by atoms with Crippen LogP contribution < -0.4 is 10.1 Å². The first kappa shape index (κ1) is 14.4. The maximum absolute atomic E-state index is 11.0. The lowest BCUT2D eigenvalue weighted by Gasteiger charge is -2.10. The molecule has 0 amide bonds. The standard InChI is InChI=1S/C17H13ClN2O2/c1-11(21)22-14-4-2-3-13(10-14)20-16-7-8-19-17-9-12(18)5-6-15(16)17/h2-10H,1H3,(H,19,20). The number of aromatic nitrogens is 1. The molecule has 1 heterocycles. The molecule has 5 heteroatoms. The zero-order valence-corrected chi connectivity index (χ0v) is 12.6. The van der Waals surface area contributed by atoms with E-state index in [0.717, 1.165) is 22.3 Å². The molecule has 1 aromatic heterocycles. The number of rotatable bonds is 3. The molecule has 0 aliphatic carbocycles. The number of fused-ring (bicyclic) bond motifs is 1. The van der Waals surface area contributed by atoms with Crippen molar-refractivity contribution in [2.75, 3.05) is 5.32 Å². The van der Waals surface area contributed by atoms with Gasteiger partial charge in [-0.05, 0) is 36.4 Å². The Hall–Kier alpha value is -2.59. The summed E-state index contributed by atoms with van der Waals surface area (Å²) in [7, 11) is 0. The highest BCUT2D eigenvalue weighted by molar-refractivity contribution is 6.31. The molecule has 0 spiro atoms. The Kier molecular flexibility index (Phi) is 3.94. The molecule has 22 heavy (non-hydrogen) atoms. The monoisotopic (exact) mass is 312 g/mol. The predicted octanol–water partition coefficient (Wildman–Crippen LogP) is 4.56. The molecule has 0 saturated carbocycles. The smallest absolute Gasteiger partial charge is 0.308 e. The number of esters is 1. The Morgan fingerprint density at radius 1 is 1.18 bits per heavy atom. The van der Waals surface area contributed by atoms with Gasteiger partial charge in [0, 0.05) is 41.0 Å². The lowest BCUT2D eigenvalue weighted by molar-refractivity contribution is -0.131. The Morgan fingerprint density at radius 2 is 2.05 bits per heavy atom. The van der Waals surface area contributed by atoms with E-state index < -0.39 is 0 Å². The van der Waals surface area contributed by atoms with Gasteiger partial charge in [-0.2, -0.15) is 0 Å². The quantitative estimate of drug-likeness (QED) is 0.569. The summed E-state index contributed by atoms with van der Waals surface area (Å²) in [4.78, 5) is 15.3. The van der Waals surface area contributed by atoms with Crippen LogP contribution in [0.1, 0.15) is 6.92 Å². The van der Waals surface area contributed by atoms with Crippen LogP contribution >= 0.6 is 11.6 Å². The molecule has 0 atom stereocenters. The maximum Gasteiger partial charge on any atom is 0.308 e. The first-order valence-corrected chi connectivity index (χ1v) is 7.09. The number of carbonyl (C=O) groups is 1. The van der Waals surface area contributed by atoms with Crippen LogP contribution in [0.5, 0.6) is 5.75 Å². The van der Waals surface area contributed by atoms with Crippen LogP contribution in [-0.4, -0.2) is 11.0 Å². The van der Waals surface area contributed by atoms with Gasteiger partial charge < -0.3 is 10.1 Å². The highest BCUT2D eigenvalue weighted by Gasteiger charge is 2.05. The van der Waals surface area contributed by atoms with Crippen molar-refractivity contribution in [2.45, 2.75) is 6.92 Å². The third-order valence-electron chi connectivity index (χ3n) is 3.08. The zero-order valence-electron chi connectivity index (χ0n) is 11.8. The summed E-state index contributed by atoms with van der Waals surface area (Å²) in [5, 5.41) is 4.92. The van der Waals surface area contributed by atoms with Crippen molar-refractivity contribution in [1.29, 1.82) is 0 Å². The summed E-state index contributed by atoms with van der Waals surface area (Å²) >= 11 is 5.99. The number of ether oxygens (including phenoxy) is 1. The Labute approximate surface area is 132 Å². The predicted molar refractivity (Wildman–Crippen MR) is 87.8 cm³/mol. The van der Waals surface area contributed by atoms with E-state index in [1.807, 2.05) is 36.4 Å². The highest BCUT2D eigenvalue weighted by Crippen LogP contribution is 2.28. The van der Waals surface area contributed by atoms with Gasteiger partial charge in [-0.15, -0.1) is 0 Å². The number of nitrogens with one attached hydrogen (secondary N) is 1. The van der Waals surface area contributed by atoms with Crippen LogP contribution in [0.25, 0.3) is 10.9 Å². The van der Waals surface area contributed by atoms with Crippen LogP contribution in [0, 0.1) is 0 Å². The number of nitrogens with zero attached hydrogens (tertiary/aromatic N) is 1. The van der Waals surface area contributed by atoms with Gasteiger partial charge in [0.1, 0.15) is 5.75 Å². The number of hydrogen-bond donors (Lipinski definition) is 1. The molecule has 0 unspecified atom stereocenters. The van der Waals surface area contributed by atoms with Gasteiger partial charge in [0.15, 0.2) is 0 Å². The number of halogens is 1. The summed E-state index contributed by atoms with van der Waals surface area (Å²) in [5.41, 5.74) is 2.54. The van der Waals surface area contributed by atoms with Gasteiger partial charge in [-0.25, -0.2) is 0 Å². The second kappa shape index (κ2) is 6.03. The van der Waals surface area contributed by atoms with Crippen molar-refractivity contribution in [3.63, 3.8) is 0 Å². The largest absolute Gasteiger partial charge is 0.427 e. The van der Waals surface area contributed by atoms with Gasteiger partial charge in [-0.3, -0.25) is 9.78 Å². The Bertz CT molecular complexity index is 849. The van der Waals surface area contributed by atoms with E-state index >= 15 is 0 Å². The van der Waals surface area contributed by atoms with Crippen LogP contribution in [0.2, 0.25) is 5.02 Å². The summed E-state index contributed by atoms with van der Waals surface area (Å²) in [6.45, 7) is 1.38. The SMILES string of the molecule is CC(=O)Oc1cccc(Nc2ccnc3cc(Cl)ccc23)c1. The molecule has 0 fully saturated rings. The molecule has 3 aromatic rings. The van der Waals surface area contributed by atoms with Gasteiger partial charge in [0.25, 0.3) is 0 Å². The molecule has 0 bridgehead atoms. The van der Waals surface area contributed by atoms with Crippen LogP contribution in [0.4, 0.5) is 11.4 Å². The molecule has 4 nitrogen and oxygen atoms in total. The second-order valence-electron chi connectivity index (χ2n) is 4.77. The lowest BCUT2D eigenvalue weighted by atomic mass is 10.2. The molecule has 0 aliphatic heterocycles. The first-order valence-electron chi connectivity index (χ1n) is 6.71. The normalized spacial score (nSPS) is 10.5. The molecule has 0 radical (unpaired) electrons. The number of anilines is 2. The van der Waals surface area contributed by atoms with E-state index in [4.69, 9.17) is 16.3 Å². The Balaban J connectivity index is 1.95. The third-order valence-corrected chi connectivity index (χ3v) is 3.31. The fourth-order valence-corrected chi connectivity index (χ4v) is 2.36. The molecule has 0 saturated heterocycles. The fraction of sp³-hybridized carbons (Fsp3) is 0.0588. The summed E-state index contributed by atoms with van der Waals surface area (Å²) in [6.07, 6.45) is 1.72. The molecular weight excluding hydrogens is 300 g/mol. The Morgan fingerprint density at radius 3 is 2.86 bits per heavy atom. The number of pyridine rings is 1. The first-order chi connectivity index (χ1) is 10.6. The third kappa shape index (κ3) is 3.18. The number of carbonyl (C=O) groups excluding carboxylic acids is 1. The minimum atomic E-state index is -0.346. The second-order valence-corrected chi connectivity index (χ2v) is 5.20. The van der Waals surface area contributed by atoms with Crippen molar-refractivity contribution >= 4 is 39.8 Å². The number of hydrogen-bond acceptors (Lipinski definition) is 4. The number of benzene rings is 2. The van der Waals surface area contributed by atoms with Crippen molar-refractivity contribution in [1.82, 2.24) is 4.98 Å². The minimum Gasteiger partial charge on any atom is -0.427 e. The lowest BCUT2D eigenvalue weighted by Crippen LogP contribution is -2.01. The molecular formula is C17H13ClN2O2. The van der Waals surface area contributed by atoms with Crippen LogP contribution in [-0.2, 0) is 4.79 Å². The van der Waals surface area contributed by atoms with E-state index in [9.17, 15) is 4.79 Å². The van der Waals surface area contributed by atoms with Gasteiger partial charge in [-0.1, -0.05) is 17.7 Å². The van der Waals surface area contributed by atoms with E-state index in [1.165, 1.54) is 6.92 Å². The molecule has 110 valence electrons. The molecule has 1 N–H and O–H groups in total.